The van der Waals surface area contributed by atoms with Crippen molar-refractivity contribution in [2.24, 2.45) is 4.99 Å². The average Bonchev–Trinajstić information content (AvgIpc) is 3.30. The van der Waals surface area contributed by atoms with Crippen LogP contribution in [-0.2, 0) is 12.7 Å². The molecule has 1 aromatic rings. The summed E-state index contributed by atoms with van der Waals surface area (Å²) >= 11 is 0. The summed E-state index contributed by atoms with van der Waals surface area (Å²) in [6.07, 6.45) is 0.318. The molecule has 10 heteroatoms. The molecule has 2 N–H and O–H groups in total. The zero-order valence-corrected chi connectivity index (χ0v) is 19.5. The summed E-state index contributed by atoms with van der Waals surface area (Å²) in [4.78, 5) is 15.7. The number of fused-ring (bicyclic) bond motifs is 3. The lowest BCUT2D eigenvalue weighted by Crippen LogP contribution is -2.27. The molecule has 0 fully saturated rings. The second-order valence-electron chi connectivity index (χ2n) is 8.77. The number of benzene rings is 1. The lowest BCUT2D eigenvalue weighted by Gasteiger charge is -2.25. The van der Waals surface area contributed by atoms with E-state index >= 15 is 0 Å². The number of allylic oxidation sites excluding steroid dienone is 2. The van der Waals surface area contributed by atoms with E-state index < -0.39 is 24.0 Å². The normalized spacial score (nSPS) is 19.1. The van der Waals surface area contributed by atoms with Gasteiger partial charge < -0.3 is 19.9 Å². The van der Waals surface area contributed by atoms with Crippen molar-refractivity contribution in [3.05, 3.63) is 76.7 Å². The zero-order chi connectivity index (χ0) is 24.9. The Kier molecular flexibility index (Phi) is 5.63. The van der Waals surface area contributed by atoms with Gasteiger partial charge in [0.15, 0.2) is 5.49 Å². The van der Waals surface area contributed by atoms with Crippen molar-refractivity contribution in [3.8, 4) is 11.4 Å². The molecule has 0 aromatic heterocycles. The van der Waals surface area contributed by atoms with Crippen molar-refractivity contribution >= 4 is 11.4 Å². The molecule has 0 amide bonds. The minimum atomic E-state index is -4.42. The van der Waals surface area contributed by atoms with Gasteiger partial charge >= 0.3 is 6.18 Å². The topological polar surface area (TPSA) is 78.6 Å². The Morgan fingerprint density at radius 1 is 1.20 bits per heavy atom. The first kappa shape index (κ1) is 23.1. The van der Waals surface area contributed by atoms with Gasteiger partial charge in [-0.1, -0.05) is 18.2 Å². The first-order valence-electron chi connectivity index (χ1n) is 11.3. The molecule has 4 aliphatic heterocycles. The summed E-state index contributed by atoms with van der Waals surface area (Å²) in [6.45, 7) is 4.97. The highest BCUT2D eigenvalue weighted by atomic mass is 19.4. The van der Waals surface area contributed by atoms with Gasteiger partial charge in [0, 0.05) is 37.5 Å². The number of hydrogen-bond acceptors (Lipinski definition) is 6. The third kappa shape index (κ3) is 4.29. The van der Waals surface area contributed by atoms with Crippen LogP contribution in [0.2, 0.25) is 0 Å². The fourth-order valence-electron chi connectivity index (χ4n) is 4.42. The fourth-order valence-corrected chi connectivity index (χ4v) is 4.42. The Morgan fingerprint density at radius 2 is 2.00 bits per heavy atom. The molecular formula is C25H25F3N6O. The van der Waals surface area contributed by atoms with Gasteiger partial charge in [-0.05, 0) is 43.7 Å². The number of aromatic nitrogens is 3. The van der Waals surface area contributed by atoms with Crippen LogP contribution in [0.5, 0.6) is 0 Å². The molecule has 5 rings (SSSR count). The zero-order valence-electron chi connectivity index (χ0n) is 19.5. The predicted molar refractivity (Wildman–Crippen MR) is 126 cm³/mol. The van der Waals surface area contributed by atoms with Crippen LogP contribution in [0.1, 0.15) is 35.5 Å². The average molecular weight is 483 g/mol. The molecule has 1 aromatic carbocycles. The summed E-state index contributed by atoms with van der Waals surface area (Å²) in [6, 6.07) is 6.62. The first-order chi connectivity index (χ1) is 16.6. The summed E-state index contributed by atoms with van der Waals surface area (Å²) < 4.78 is 41.8. The van der Waals surface area contributed by atoms with Crippen molar-refractivity contribution in [3.63, 3.8) is 0 Å². The molecule has 35 heavy (non-hydrogen) atoms. The number of alkyl halides is 3. The Hall–Kier alpha value is -3.66. The maximum absolute atomic E-state index is 13.2. The third-order valence-corrected chi connectivity index (χ3v) is 6.25. The summed E-state index contributed by atoms with van der Waals surface area (Å²) in [5.74, 6) is 2.15. The highest BCUT2D eigenvalue weighted by Crippen LogP contribution is 2.36. The van der Waals surface area contributed by atoms with Crippen LogP contribution in [-0.4, -0.2) is 44.4 Å². The summed E-state index contributed by atoms with van der Waals surface area (Å²) in [5.41, 5.74) is 2.68. The SMILES string of the molecule is Cc1nc2n3c(c(C4=CN(C)C(O)C=C4)cc-2c(=NC(C)c2cccc(C(F)(F)F)c2)n1)NCC3. The highest BCUT2D eigenvalue weighted by molar-refractivity contribution is 5.85. The van der Waals surface area contributed by atoms with Crippen LogP contribution in [0.15, 0.2) is 53.7 Å². The molecular weight excluding hydrogens is 457 g/mol. The van der Waals surface area contributed by atoms with Gasteiger partial charge in [0.1, 0.15) is 23.7 Å². The van der Waals surface area contributed by atoms with Crippen molar-refractivity contribution in [2.75, 3.05) is 18.9 Å². The molecule has 4 aliphatic rings. The van der Waals surface area contributed by atoms with Gasteiger partial charge in [-0.3, -0.25) is 4.99 Å². The fraction of sp³-hybridized carbons (Fsp3) is 0.320. The van der Waals surface area contributed by atoms with E-state index in [1.807, 2.05) is 18.3 Å². The number of nitrogens with zero attached hydrogens (tertiary/aromatic N) is 5. The van der Waals surface area contributed by atoms with Gasteiger partial charge in [-0.15, -0.1) is 0 Å². The molecule has 7 nitrogen and oxygen atoms in total. The minimum Gasteiger partial charge on any atom is -0.370 e. The predicted octanol–water partition coefficient (Wildman–Crippen LogP) is 3.96. The van der Waals surface area contributed by atoms with Crippen LogP contribution < -0.4 is 10.8 Å². The Balaban J connectivity index is 1.68. The van der Waals surface area contributed by atoms with Gasteiger partial charge in [0.25, 0.3) is 0 Å². The largest absolute Gasteiger partial charge is 0.416 e. The lowest BCUT2D eigenvalue weighted by atomic mass is 10.0. The Labute approximate surface area is 200 Å². The monoisotopic (exact) mass is 482 g/mol. The van der Waals surface area contributed by atoms with Crippen molar-refractivity contribution < 1.29 is 18.3 Å². The van der Waals surface area contributed by atoms with E-state index in [0.717, 1.165) is 35.6 Å². The number of rotatable bonds is 3. The van der Waals surface area contributed by atoms with Crippen LogP contribution in [0.3, 0.4) is 0 Å². The first-order valence-corrected chi connectivity index (χ1v) is 11.3. The molecule has 0 radical (unpaired) electrons. The number of likely N-dealkylation sites (N-methyl/N-ethyl adjacent to an activating group) is 1. The number of hydrogen-bond donors (Lipinski definition) is 2. The van der Waals surface area contributed by atoms with Crippen molar-refractivity contribution in [1.29, 1.82) is 0 Å². The van der Waals surface area contributed by atoms with E-state index in [1.165, 1.54) is 6.07 Å². The van der Waals surface area contributed by atoms with E-state index in [-0.39, 0.29) is 0 Å². The van der Waals surface area contributed by atoms with Crippen LogP contribution in [0, 0.1) is 6.92 Å². The minimum absolute atomic E-state index is 0.426. The Bertz CT molecular complexity index is 1390. The number of halogens is 3. The quantitative estimate of drug-likeness (QED) is 0.591. The van der Waals surface area contributed by atoms with Crippen LogP contribution >= 0.6 is 0 Å². The molecule has 0 spiro atoms. The van der Waals surface area contributed by atoms with Gasteiger partial charge in [0.05, 0.1) is 17.2 Å². The van der Waals surface area contributed by atoms with Crippen LogP contribution in [0.4, 0.5) is 19.0 Å². The Morgan fingerprint density at radius 3 is 2.74 bits per heavy atom. The molecule has 0 bridgehead atoms. The third-order valence-electron chi connectivity index (χ3n) is 6.25. The van der Waals surface area contributed by atoms with Crippen molar-refractivity contribution in [1.82, 2.24) is 19.4 Å². The van der Waals surface area contributed by atoms with E-state index in [2.05, 4.69) is 19.9 Å². The smallest absolute Gasteiger partial charge is 0.370 e. The number of aryl methyl sites for hydroxylation is 1. The number of anilines is 1. The van der Waals surface area contributed by atoms with E-state index in [4.69, 9.17) is 4.99 Å². The van der Waals surface area contributed by atoms with Gasteiger partial charge in [-0.25, -0.2) is 9.97 Å². The van der Waals surface area contributed by atoms with E-state index in [9.17, 15) is 18.3 Å². The van der Waals surface area contributed by atoms with Gasteiger partial charge in [-0.2, -0.15) is 13.2 Å². The van der Waals surface area contributed by atoms with E-state index in [0.29, 0.717) is 34.8 Å². The molecule has 0 aliphatic carbocycles. The highest BCUT2D eigenvalue weighted by Gasteiger charge is 2.31. The van der Waals surface area contributed by atoms with E-state index in [1.54, 1.807) is 37.9 Å². The molecule has 2 unspecified atom stereocenters. The number of aliphatic hydroxyl groups is 1. The molecule has 0 saturated carbocycles. The number of aliphatic hydroxyl groups excluding tert-OH is 1. The molecule has 0 saturated heterocycles. The number of pyridine rings is 1. The maximum atomic E-state index is 13.2. The second kappa shape index (κ2) is 8.53. The maximum Gasteiger partial charge on any atom is 0.416 e. The molecule has 2 atom stereocenters. The standard InChI is InChI=1S/C25H25F3N6O/c1-14(16-5-4-6-18(11-16)25(26,27)28)30-22-20-12-19(17-7-8-21(35)33(3)13-17)23-29-9-10-34(23)24(20)32-15(2)31-22/h4-8,11-14,21,29,35H,9-10H2,1-3H3. The summed E-state index contributed by atoms with van der Waals surface area (Å²) in [5, 5.41) is 13.4. The summed E-state index contributed by atoms with van der Waals surface area (Å²) in [7, 11) is 1.79. The van der Waals surface area contributed by atoms with Crippen LogP contribution in [0.25, 0.3) is 17.0 Å². The van der Waals surface area contributed by atoms with Gasteiger partial charge in [0.2, 0.25) is 0 Å². The lowest BCUT2D eigenvalue weighted by molar-refractivity contribution is -0.137. The molecule has 4 heterocycles. The molecule has 182 valence electrons. The number of nitrogens with one attached hydrogen (secondary N) is 1. The van der Waals surface area contributed by atoms with Crippen molar-refractivity contribution in [2.45, 2.75) is 38.8 Å². The second-order valence-corrected chi connectivity index (χ2v) is 8.77.